The SMILES string of the molecule is CCN(CC(=O)Nc1nccs1)CC1COc2ccccc2O1. The monoisotopic (exact) mass is 333 g/mol. The summed E-state index contributed by atoms with van der Waals surface area (Å²) in [5.41, 5.74) is 0. The molecular weight excluding hydrogens is 314 g/mol. The van der Waals surface area contributed by atoms with Crippen LogP contribution in [0.4, 0.5) is 5.13 Å². The Kier molecular flexibility index (Phi) is 5.09. The summed E-state index contributed by atoms with van der Waals surface area (Å²) in [6, 6.07) is 7.63. The zero-order chi connectivity index (χ0) is 16.1. The number of carbonyl (C=O) groups excluding carboxylic acids is 1. The number of benzene rings is 1. The molecular formula is C16H19N3O3S. The van der Waals surface area contributed by atoms with E-state index in [2.05, 4.69) is 10.3 Å². The maximum absolute atomic E-state index is 12.1. The molecule has 2 heterocycles. The van der Waals surface area contributed by atoms with Crippen LogP contribution >= 0.6 is 11.3 Å². The highest BCUT2D eigenvalue weighted by Crippen LogP contribution is 2.30. The third kappa shape index (κ3) is 4.20. The Morgan fingerprint density at radius 1 is 1.43 bits per heavy atom. The number of hydrogen-bond donors (Lipinski definition) is 1. The van der Waals surface area contributed by atoms with Crippen molar-refractivity contribution in [3.8, 4) is 11.5 Å². The fourth-order valence-corrected chi connectivity index (χ4v) is 2.94. The number of rotatable bonds is 6. The lowest BCUT2D eigenvalue weighted by Gasteiger charge is -2.30. The second-order valence-electron chi connectivity index (χ2n) is 5.21. The number of nitrogens with one attached hydrogen (secondary N) is 1. The van der Waals surface area contributed by atoms with Gasteiger partial charge in [-0.25, -0.2) is 4.98 Å². The van der Waals surface area contributed by atoms with E-state index in [4.69, 9.17) is 9.47 Å². The summed E-state index contributed by atoms with van der Waals surface area (Å²) in [5, 5.41) is 5.25. The Bertz CT molecular complexity index is 648. The normalized spacial score (nSPS) is 16.3. The van der Waals surface area contributed by atoms with Gasteiger partial charge in [0.2, 0.25) is 5.91 Å². The van der Waals surface area contributed by atoms with Crippen LogP contribution in [0.2, 0.25) is 0 Å². The Morgan fingerprint density at radius 3 is 3.00 bits per heavy atom. The number of hydrogen-bond acceptors (Lipinski definition) is 6. The number of anilines is 1. The summed E-state index contributed by atoms with van der Waals surface area (Å²) in [6.07, 6.45) is 1.58. The van der Waals surface area contributed by atoms with Crippen molar-refractivity contribution in [2.45, 2.75) is 13.0 Å². The lowest BCUT2D eigenvalue weighted by molar-refractivity contribution is -0.117. The van der Waals surface area contributed by atoms with E-state index < -0.39 is 0 Å². The van der Waals surface area contributed by atoms with Gasteiger partial charge in [0.25, 0.3) is 0 Å². The molecule has 122 valence electrons. The molecule has 0 spiro atoms. The Morgan fingerprint density at radius 2 is 2.26 bits per heavy atom. The highest BCUT2D eigenvalue weighted by molar-refractivity contribution is 7.13. The first-order chi connectivity index (χ1) is 11.2. The average molecular weight is 333 g/mol. The minimum atomic E-state index is -0.0856. The smallest absolute Gasteiger partial charge is 0.240 e. The first kappa shape index (κ1) is 15.8. The number of nitrogens with zero attached hydrogens (tertiary/aromatic N) is 2. The molecule has 0 radical (unpaired) electrons. The van der Waals surface area contributed by atoms with Crippen molar-refractivity contribution >= 4 is 22.4 Å². The summed E-state index contributed by atoms with van der Waals surface area (Å²) in [4.78, 5) is 18.1. The molecule has 1 aromatic heterocycles. The summed E-state index contributed by atoms with van der Waals surface area (Å²) in [5.74, 6) is 1.46. The van der Waals surface area contributed by atoms with Crippen LogP contribution in [-0.4, -0.2) is 48.1 Å². The van der Waals surface area contributed by atoms with E-state index in [9.17, 15) is 4.79 Å². The Balaban J connectivity index is 1.52. The number of para-hydroxylation sites is 2. The molecule has 0 saturated carbocycles. The number of ether oxygens (including phenoxy) is 2. The van der Waals surface area contributed by atoms with Crippen molar-refractivity contribution in [2.75, 3.05) is 31.6 Å². The molecule has 0 bridgehead atoms. The number of thiazole rings is 1. The van der Waals surface area contributed by atoms with E-state index in [1.165, 1.54) is 11.3 Å². The van der Waals surface area contributed by atoms with Crippen molar-refractivity contribution in [1.82, 2.24) is 9.88 Å². The molecule has 3 rings (SSSR count). The van der Waals surface area contributed by atoms with Crippen LogP contribution in [0, 0.1) is 0 Å². The Hall–Kier alpha value is -2.12. The number of amides is 1. The largest absolute Gasteiger partial charge is 0.486 e. The number of carbonyl (C=O) groups is 1. The molecule has 1 aliphatic rings. The fraction of sp³-hybridized carbons (Fsp3) is 0.375. The highest BCUT2D eigenvalue weighted by atomic mass is 32.1. The second kappa shape index (κ2) is 7.43. The van der Waals surface area contributed by atoms with Gasteiger partial charge >= 0.3 is 0 Å². The van der Waals surface area contributed by atoms with Gasteiger partial charge in [0, 0.05) is 18.1 Å². The second-order valence-corrected chi connectivity index (χ2v) is 6.11. The van der Waals surface area contributed by atoms with E-state index in [1.807, 2.05) is 41.5 Å². The lowest BCUT2D eigenvalue weighted by atomic mass is 10.2. The molecule has 2 aromatic rings. The third-order valence-electron chi connectivity index (χ3n) is 3.52. The quantitative estimate of drug-likeness (QED) is 0.878. The predicted molar refractivity (Wildman–Crippen MR) is 89.2 cm³/mol. The molecule has 7 heteroatoms. The van der Waals surface area contributed by atoms with E-state index in [1.54, 1.807) is 6.20 Å². The van der Waals surface area contributed by atoms with Gasteiger partial charge in [-0.2, -0.15) is 0 Å². The molecule has 0 saturated heterocycles. The maximum atomic E-state index is 12.1. The van der Waals surface area contributed by atoms with Crippen LogP contribution in [0.1, 0.15) is 6.92 Å². The molecule has 0 aliphatic carbocycles. The highest BCUT2D eigenvalue weighted by Gasteiger charge is 2.23. The van der Waals surface area contributed by atoms with Gasteiger partial charge in [0.05, 0.1) is 6.54 Å². The molecule has 1 unspecified atom stereocenters. The maximum Gasteiger partial charge on any atom is 0.240 e. The first-order valence-corrected chi connectivity index (χ1v) is 8.42. The molecule has 1 atom stereocenters. The van der Waals surface area contributed by atoms with Crippen molar-refractivity contribution in [3.05, 3.63) is 35.8 Å². The van der Waals surface area contributed by atoms with E-state index in [0.29, 0.717) is 24.8 Å². The van der Waals surface area contributed by atoms with Crippen molar-refractivity contribution in [3.63, 3.8) is 0 Å². The molecule has 0 fully saturated rings. The fourth-order valence-electron chi connectivity index (χ4n) is 2.39. The standard InChI is InChI=1S/C16H19N3O3S/c1-2-19(10-15(20)18-16-17-7-8-23-16)9-12-11-21-13-5-3-4-6-14(13)22-12/h3-8,12H,2,9-11H2,1H3,(H,17,18,20). The predicted octanol–water partition coefficient (Wildman–Crippen LogP) is 2.24. The Labute approximate surface area is 139 Å². The van der Waals surface area contributed by atoms with Crippen LogP contribution in [0.3, 0.4) is 0 Å². The minimum Gasteiger partial charge on any atom is -0.486 e. The third-order valence-corrected chi connectivity index (χ3v) is 4.21. The molecule has 23 heavy (non-hydrogen) atoms. The van der Waals surface area contributed by atoms with Gasteiger partial charge in [-0.15, -0.1) is 11.3 Å². The van der Waals surface area contributed by atoms with E-state index in [0.717, 1.165) is 18.0 Å². The first-order valence-electron chi connectivity index (χ1n) is 7.54. The summed E-state index contributed by atoms with van der Waals surface area (Å²) >= 11 is 1.41. The van der Waals surface area contributed by atoms with Gasteiger partial charge in [-0.05, 0) is 18.7 Å². The van der Waals surface area contributed by atoms with Gasteiger partial charge < -0.3 is 14.8 Å². The van der Waals surface area contributed by atoms with Crippen LogP contribution < -0.4 is 14.8 Å². The molecule has 1 aromatic carbocycles. The summed E-state index contributed by atoms with van der Waals surface area (Å²) < 4.78 is 11.7. The van der Waals surface area contributed by atoms with E-state index in [-0.39, 0.29) is 12.0 Å². The molecule has 6 nitrogen and oxygen atoms in total. The summed E-state index contributed by atoms with van der Waals surface area (Å²) in [6.45, 7) is 4.20. The average Bonchev–Trinajstić information content (AvgIpc) is 3.07. The molecule has 1 N–H and O–H groups in total. The molecule has 1 amide bonds. The lowest BCUT2D eigenvalue weighted by Crippen LogP contribution is -2.43. The van der Waals surface area contributed by atoms with Gasteiger partial charge in [-0.1, -0.05) is 19.1 Å². The van der Waals surface area contributed by atoms with Crippen molar-refractivity contribution in [2.24, 2.45) is 0 Å². The zero-order valence-electron chi connectivity index (χ0n) is 12.9. The number of fused-ring (bicyclic) bond motifs is 1. The molecule has 1 aliphatic heterocycles. The summed E-state index contributed by atoms with van der Waals surface area (Å²) in [7, 11) is 0. The van der Waals surface area contributed by atoms with E-state index >= 15 is 0 Å². The van der Waals surface area contributed by atoms with Crippen LogP contribution in [0.25, 0.3) is 0 Å². The topological polar surface area (TPSA) is 63.7 Å². The van der Waals surface area contributed by atoms with Gasteiger partial charge in [0.15, 0.2) is 16.6 Å². The van der Waals surface area contributed by atoms with Crippen LogP contribution in [0.15, 0.2) is 35.8 Å². The zero-order valence-corrected chi connectivity index (χ0v) is 13.7. The van der Waals surface area contributed by atoms with Crippen LogP contribution in [0.5, 0.6) is 11.5 Å². The van der Waals surface area contributed by atoms with Gasteiger partial charge in [-0.3, -0.25) is 9.69 Å². The number of aromatic nitrogens is 1. The van der Waals surface area contributed by atoms with Crippen molar-refractivity contribution in [1.29, 1.82) is 0 Å². The number of likely N-dealkylation sites (N-methyl/N-ethyl adjacent to an activating group) is 1. The van der Waals surface area contributed by atoms with Crippen molar-refractivity contribution < 1.29 is 14.3 Å². The van der Waals surface area contributed by atoms with Crippen LogP contribution in [-0.2, 0) is 4.79 Å². The minimum absolute atomic E-state index is 0.0704. The van der Waals surface area contributed by atoms with Gasteiger partial charge in [0.1, 0.15) is 12.7 Å².